The topological polar surface area (TPSA) is 61.4 Å². The molecule has 2 N–H and O–H groups in total. The van der Waals surface area contributed by atoms with Crippen LogP contribution in [-0.2, 0) is 9.59 Å². The molecular weight excluding hydrogens is 254 g/mol. The minimum absolute atomic E-state index is 0.0831. The van der Waals surface area contributed by atoms with Gasteiger partial charge in [0.05, 0.1) is 6.54 Å². The Hall–Kier alpha value is -1.10. The molecule has 0 saturated carbocycles. The van der Waals surface area contributed by atoms with E-state index in [1.54, 1.807) is 4.90 Å². The van der Waals surface area contributed by atoms with Crippen LogP contribution < -0.4 is 10.6 Å². The van der Waals surface area contributed by atoms with Crippen molar-refractivity contribution in [1.29, 1.82) is 0 Å². The van der Waals surface area contributed by atoms with Crippen LogP contribution in [0.3, 0.4) is 0 Å². The fourth-order valence-electron chi connectivity index (χ4n) is 2.80. The Morgan fingerprint density at radius 1 is 1.35 bits per heavy atom. The van der Waals surface area contributed by atoms with Crippen molar-refractivity contribution in [3.05, 3.63) is 0 Å². The minimum atomic E-state index is -0.421. The van der Waals surface area contributed by atoms with Crippen LogP contribution in [0, 0.1) is 11.3 Å². The van der Waals surface area contributed by atoms with Crippen LogP contribution in [0.5, 0.6) is 0 Å². The van der Waals surface area contributed by atoms with Gasteiger partial charge in [0.25, 0.3) is 0 Å². The van der Waals surface area contributed by atoms with Gasteiger partial charge in [0.15, 0.2) is 0 Å². The van der Waals surface area contributed by atoms with Crippen molar-refractivity contribution in [2.45, 2.75) is 40.5 Å². The number of rotatable bonds is 6. The summed E-state index contributed by atoms with van der Waals surface area (Å²) < 4.78 is 0. The van der Waals surface area contributed by atoms with E-state index in [1.165, 1.54) is 0 Å². The van der Waals surface area contributed by atoms with Gasteiger partial charge in [-0.05, 0) is 45.7 Å². The molecule has 0 radical (unpaired) electrons. The van der Waals surface area contributed by atoms with Gasteiger partial charge in [0, 0.05) is 18.5 Å². The van der Waals surface area contributed by atoms with Gasteiger partial charge in [-0.1, -0.05) is 13.8 Å². The fourth-order valence-corrected chi connectivity index (χ4v) is 2.80. The highest BCUT2D eigenvalue weighted by Gasteiger charge is 2.39. The highest BCUT2D eigenvalue weighted by Crippen LogP contribution is 2.33. The average molecular weight is 283 g/mol. The zero-order valence-corrected chi connectivity index (χ0v) is 13.3. The quantitative estimate of drug-likeness (QED) is 0.764. The van der Waals surface area contributed by atoms with Gasteiger partial charge in [-0.3, -0.25) is 9.59 Å². The second-order valence-corrected chi connectivity index (χ2v) is 6.04. The molecule has 1 rings (SSSR count). The van der Waals surface area contributed by atoms with Crippen molar-refractivity contribution in [1.82, 2.24) is 15.5 Å². The molecule has 1 atom stereocenters. The molecule has 2 amide bonds. The molecular formula is C15H29N3O2. The molecule has 5 heteroatoms. The third kappa shape index (κ3) is 4.20. The molecule has 0 aromatic carbocycles. The number of carbonyl (C=O) groups excluding carboxylic acids is 2. The Kier molecular flexibility index (Phi) is 6.46. The van der Waals surface area contributed by atoms with Gasteiger partial charge in [-0.15, -0.1) is 0 Å². The molecule has 1 fully saturated rings. The van der Waals surface area contributed by atoms with Gasteiger partial charge in [-0.2, -0.15) is 0 Å². The van der Waals surface area contributed by atoms with Crippen LogP contribution in [-0.4, -0.2) is 49.4 Å². The van der Waals surface area contributed by atoms with Gasteiger partial charge in [0.1, 0.15) is 0 Å². The number of hydrogen-bond acceptors (Lipinski definition) is 3. The minimum Gasteiger partial charge on any atom is -0.355 e. The van der Waals surface area contributed by atoms with Crippen molar-refractivity contribution in [2.24, 2.45) is 11.3 Å². The first kappa shape index (κ1) is 17.0. The number of likely N-dealkylation sites (N-methyl/N-ethyl adjacent to an activating group) is 2. The largest absolute Gasteiger partial charge is 0.355 e. The van der Waals surface area contributed by atoms with Crippen LogP contribution in [0.15, 0.2) is 0 Å². The molecule has 0 aromatic rings. The van der Waals surface area contributed by atoms with Crippen LogP contribution >= 0.6 is 0 Å². The smallest absolute Gasteiger partial charge is 0.239 e. The average Bonchev–Trinajstić information content (AvgIpc) is 2.45. The first-order valence-electron chi connectivity index (χ1n) is 7.70. The lowest BCUT2D eigenvalue weighted by Crippen LogP contribution is -2.51. The molecule has 1 aliphatic heterocycles. The van der Waals surface area contributed by atoms with E-state index in [0.29, 0.717) is 19.0 Å². The summed E-state index contributed by atoms with van der Waals surface area (Å²) in [5.74, 6) is 0.340. The monoisotopic (exact) mass is 283 g/mol. The Labute approximate surface area is 122 Å². The van der Waals surface area contributed by atoms with Gasteiger partial charge in [-0.25, -0.2) is 0 Å². The van der Waals surface area contributed by atoms with Crippen LogP contribution in [0.1, 0.15) is 40.5 Å². The molecule has 116 valence electrons. The van der Waals surface area contributed by atoms with Gasteiger partial charge >= 0.3 is 0 Å². The number of piperidine rings is 1. The van der Waals surface area contributed by atoms with Crippen LogP contribution in [0.25, 0.3) is 0 Å². The van der Waals surface area contributed by atoms with Crippen molar-refractivity contribution in [2.75, 3.05) is 32.7 Å². The second kappa shape index (κ2) is 7.62. The van der Waals surface area contributed by atoms with Crippen LogP contribution in [0.4, 0.5) is 0 Å². The fraction of sp³-hybridized carbons (Fsp3) is 0.867. The number of amides is 2. The molecule has 1 heterocycles. The molecule has 20 heavy (non-hydrogen) atoms. The summed E-state index contributed by atoms with van der Waals surface area (Å²) in [4.78, 5) is 26.1. The third-order valence-electron chi connectivity index (χ3n) is 4.25. The summed E-state index contributed by atoms with van der Waals surface area (Å²) in [5.41, 5.74) is -0.421. The molecule has 1 aliphatic rings. The molecule has 1 saturated heterocycles. The summed E-state index contributed by atoms with van der Waals surface area (Å²) >= 11 is 0. The molecule has 0 aliphatic carbocycles. The SMILES string of the molecule is CCNC(=O)CN(CC)C(=O)C(C)(C)C1CCCNC1. The van der Waals surface area contributed by atoms with Crippen molar-refractivity contribution < 1.29 is 9.59 Å². The van der Waals surface area contributed by atoms with E-state index in [2.05, 4.69) is 10.6 Å². The van der Waals surface area contributed by atoms with E-state index >= 15 is 0 Å². The van der Waals surface area contributed by atoms with E-state index in [1.807, 2.05) is 27.7 Å². The predicted octanol–water partition coefficient (Wildman–Crippen LogP) is 0.997. The molecule has 0 aromatic heterocycles. The highest BCUT2D eigenvalue weighted by atomic mass is 16.2. The number of carbonyl (C=O) groups is 2. The maximum atomic E-state index is 12.8. The summed E-state index contributed by atoms with van der Waals surface area (Å²) in [6, 6.07) is 0. The number of nitrogens with zero attached hydrogens (tertiary/aromatic N) is 1. The van der Waals surface area contributed by atoms with Gasteiger partial charge in [0.2, 0.25) is 11.8 Å². The third-order valence-corrected chi connectivity index (χ3v) is 4.25. The lowest BCUT2D eigenvalue weighted by molar-refractivity contribution is -0.146. The van der Waals surface area contributed by atoms with Crippen LogP contribution in [0.2, 0.25) is 0 Å². The highest BCUT2D eigenvalue weighted by molar-refractivity contribution is 5.87. The normalized spacial score (nSPS) is 19.5. The summed E-state index contributed by atoms with van der Waals surface area (Å²) in [7, 11) is 0. The summed E-state index contributed by atoms with van der Waals surface area (Å²) in [6.45, 7) is 11.1. The second-order valence-electron chi connectivity index (χ2n) is 6.04. The first-order chi connectivity index (χ1) is 9.43. The maximum absolute atomic E-state index is 12.8. The molecule has 0 bridgehead atoms. The van der Waals surface area contributed by atoms with E-state index < -0.39 is 5.41 Å². The number of nitrogens with one attached hydrogen (secondary N) is 2. The molecule has 0 spiro atoms. The maximum Gasteiger partial charge on any atom is 0.239 e. The van der Waals surface area contributed by atoms with E-state index in [4.69, 9.17) is 0 Å². The zero-order chi connectivity index (χ0) is 15.2. The Bertz CT molecular complexity index is 336. The van der Waals surface area contributed by atoms with Crippen molar-refractivity contribution in [3.8, 4) is 0 Å². The Morgan fingerprint density at radius 2 is 2.05 bits per heavy atom. The van der Waals surface area contributed by atoms with E-state index in [-0.39, 0.29) is 18.4 Å². The van der Waals surface area contributed by atoms with Crippen molar-refractivity contribution in [3.63, 3.8) is 0 Å². The first-order valence-corrected chi connectivity index (χ1v) is 7.70. The number of hydrogen-bond donors (Lipinski definition) is 2. The molecule has 1 unspecified atom stereocenters. The standard InChI is InChI=1S/C15H29N3O2/c1-5-17-13(19)11-18(6-2)14(20)15(3,4)12-8-7-9-16-10-12/h12,16H,5-11H2,1-4H3,(H,17,19). The lowest BCUT2D eigenvalue weighted by atomic mass is 9.74. The summed E-state index contributed by atoms with van der Waals surface area (Å²) in [5, 5.41) is 6.11. The van der Waals surface area contributed by atoms with E-state index in [9.17, 15) is 9.59 Å². The Morgan fingerprint density at radius 3 is 2.55 bits per heavy atom. The van der Waals surface area contributed by atoms with Crippen molar-refractivity contribution >= 4 is 11.8 Å². The predicted molar refractivity (Wildman–Crippen MR) is 80.3 cm³/mol. The lowest BCUT2D eigenvalue weighted by Gasteiger charge is -2.39. The van der Waals surface area contributed by atoms with Gasteiger partial charge < -0.3 is 15.5 Å². The zero-order valence-electron chi connectivity index (χ0n) is 13.3. The van der Waals surface area contributed by atoms with E-state index in [0.717, 1.165) is 25.9 Å². The molecule has 5 nitrogen and oxygen atoms in total. The summed E-state index contributed by atoms with van der Waals surface area (Å²) in [6.07, 6.45) is 2.19. The Balaban J connectivity index is 2.70.